The first kappa shape index (κ1) is 15.7. The molecule has 0 saturated carbocycles. The average Bonchev–Trinajstić information content (AvgIpc) is 2.34. The van der Waals surface area contributed by atoms with Gasteiger partial charge in [0.1, 0.15) is 5.60 Å². The second-order valence-corrected chi connectivity index (χ2v) is 5.48. The summed E-state index contributed by atoms with van der Waals surface area (Å²) in [7, 11) is 0. The van der Waals surface area contributed by atoms with Crippen molar-refractivity contribution >= 4 is 0 Å². The molecule has 19 heavy (non-hydrogen) atoms. The van der Waals surface area contributed by atoms with Crippen molar-refractivity contribution < 1.29 is 5.11 Å². The number of aromatic nitrogens is 1. The van der Waals surface area contributed by atoms with E-state index in [0.29, 0.717) is 18.6 Å². The molecule has 0 radical (unpaired) electrons. The van der Waals surface area contributed by atoms with Crippen molar-refractivity contribution in [3.05, 3.63) is 30.1 Å². The van der Waals surface area contributed by atoms with Gasteiger partial charge >= 0.3 is 0 Å². The lowest BCUT2D eigenvalue weighted by molar-refractivity contribution is 0.121. The molecule has 0 spiro atoms. The summed E-state index contributed by atoms with van der Waals surface area (Å²) in [6.45, 7) is 11.0. The van der Waals surface area contributed by atoms with E-state index in [-0.39, 0.29) is 0 Å². The first-order chi connectivity index (χ1) is 8.84. The summed E-state index contributed by atoms with van der Waals surface area (Å²) in [6, 6.07) is 4.53. The quantitative estimate of drug-likeness (QED) is 0.845. The van der Waals surface area contributed by atoms with Crippen LogP contribution in [0.1, 0.15) is 40.2 Å². The Morgan fingerprint density at radius 2 is 1.95 bits per heavy atom. The zero-order valence-electron chi connectivity index (χ0n) is 12.5. The summed E-state index contributed by atoms with van der Waals surface area (Å²) in [6.07, 6.45) is 3.34. The molecule has 104 valence electrons. The van der Waals surface area contributed by atoms with Crippen LogP contribution in [0.2, 0.25) is 0 Å². The molecule has 1 N–H and O–H groups in total. The fourth-order valence-corrected chi connectivity index (χ4v) is 1.99. The van der Waals surface area contributed by atoms with E-state index in [1.54, 1.807) is 25.4 Å². The van der Waals surface area contributed by atoms with Gasteiger partial charge in [-0.05, 0) is 40.7 Å². The Labute approximate surface area is 116 Å². The van der Waals surface area contributed by atoms with Gasteiger partial charge in [0.15, 0.2) is 0 Å². The van der Waals surface area contributed by atoms with Crippen LogP contribution in [-0.2, 0) is 5.60 Å². The molecule has 1 aromatic heterocycles. The zero-order valence-corrected chi connectivity index (χ0v) is 12.5. The SMILES string of the molecule is CC(C)N(CC#C[C@](C)(O)c1cccnc1)C(C)C. The third kappa shape index (κ3) is 4.66. The Morgan fingerprint density at radius 3 is 2.42 bits per heavy atom. The van der Waals surface area contributed by atoms with Gasteiger partial charge in [-0.15, -0.1) is 0 Å². The number of nitrogens with zero attached hydrogens (tertiary/aromatic N) is 2. The van der Waals surface area contributed by atoms with Crippen LogP contribution in [0.15, 0.2) is 24.5 Å². The molecule has 1 atom stereocenters. The van der Waals surface area contributed by atoms with Gasteiger partial charge in [0.25, 0.3) is 0 Å². The van der Waals surface area contributed by atoms with Gasteiger partial charge in [-0.3, -0.25) is 9.88 Å². The highest BCUT2D eigenvalue weighted by Gasteiger charge is 2.20. The molecule has 0 unspecified atom stereocenters. The summed E-state index contributed by atoms with van der Waals surface area (Å²) < 4.78 is 0. The van der Waals surface area contributed by atoms with Gasteiger partial charge in [0.05, 0.1) is 6.54 Å². The van der Waals surface area contributed by atoms with Crippen LogP contribution in [0, 0.1) is 11.8 Å². The van der Waals surface area contributed by atoms with Crippen LogP contribution in [0.3, 0.4) is 0 Å². The minimum absolute atomic E-state index is 0.442. The predicted octanol–water partition coefficient (Wildman–Crippen LogP) is 2.41. The summed E-state index contributed by atoms with van der Waals surface area (Å²) >= 11 is 0. The van der Waals surface area contributed by atoms with Gasteiger partial charge in [-0.1, -0.05) is 17.9 Å². The molecule has 1 heterocycles. The molecule has 3 nitrogen and oxygen atoms in total. The largest absolute Gasteiger partial charge is 0.374 e. The lowest BCUT2D eigenvalue weighted by atomic mass is 9.99. The number of rotatable bonds is 4. The van der Waals surface area contributed by atoms with Gasteiger partial charge in [0.2, 0.25) is 0 Å². The average molecular weight is 260 g/mol. The molecular formula is C16H24N2O. The lowest BCUT2D eigenvalue weighted by Crippen LogP contribution is -2.37. The fourth-order valence-electron chi connectivity index (χ4n) is 1.99. The molecule has 0 amide bonds. The third-order valence-electron chi connectivity index (χ3n) is 3.14. The van der Waals surface area contributed by atoms with Crippen LogP contribution in [0.5, 0.6) is 0 Å². The topological polar surface area (TPSA) is 36.4 Å². The van der Waals surface area contributed by atoms with Crippen LogP contribution in [-0.4, -0.2) is 33.6 Å². The Balaban J connectivity index is 2.77. The highest BCUT2D eigenvalue weighted by Crippen LogP contribution is 2.17. The number of hydrogen-bond donors (Lipinski definition) is 1. The lowest BCUT2D eigenvalue weighted by Gasteiger charge is -2.28. The maximum atomic E-state index is 10.3. The molecule has 0 aliphatic rings. The summed E-state index contributed by atoms with van der Waals surface area (Å²) in [5.74, 6) is 6.02. The highest BCUT2D eigenvalue weighted by atomic mass is 16.3. The maximum absolute atomic E-state index is 10.3. The molecule has 0 aliphatic heterocycles. The first-order valence-electron chi connectivity index (χ1n) is 6.73. The third-order valence-corrected chi connectivity index (χ3v) is 3.14. The molecule has 0 aliphatic carbocycles. The van der Waals surface area contributed by atoms with E-state index in [1.165, 1.54) is 0 Å². The molecule has 3 heteroatoms. The molecule has 0 saturated heterocycles. The van der Waals surface area contributed by atoms with Crippen LogP contribution in [0.25, 0.3) is 0 Å². The van der Waals surface area contributed by atoms with Gasteiger partial charge in [-0.2, -0.15) is 0 Å². The van der Waals surface area contributed by atoms with Crippen LogP contribution < -0.4 is 0 Å². The first-order valence-corrected chi connectivity index (χ1v) is 6.73. The standard InChI is InChI=1S/C16H24N2O/c1-13(2)18(14(3)4)11-7-9-16(5,19)15-8-6-10-17-12-15/h6,8,10,12-14,19H,11H2,1-5H3/t16-/m0/s1. The second-order valence-electron chi connectivity index (χ2n) is 5.48. The van der Waals surface area contributed by atoms with Crippen LogP contribution >= 0.6 is 0 Å². The smallest absolute Gasteiger partial charge is 0.149 e. The van der Waals surface area contributed by atoms with Crippen LogP contribution in [0.4, 0.5) is 0 Å². The van der Waals surface area contributed by atoms with E-state index in [1.807, 2.05) is 6.07 Å². The highest BCUT2D eigenvalue weighted by molar-refractivity contribution is 5.28. The van der Waals surface area contributed by atoms with Gasteiger partial charge in [-0.25, -0.2) is 0 Å². The predicted molar refractivity (Wildman–Crippen MR) is 78.6 cm³/mol. The molecule has 0 aromatic carbocycles. The summed E-state index contributed by atoms with van der Waals surface area (Å²) in [4.78, 5) is 6.30. The van der Waals surface area contributed by atoms with E-state index in [4.69, 9.17) is 0 Å². The fraction of sp³-hybridized carbons (Fsp3) is 0.562. The second kappa shape index (κ2) is 6.70. The summed E-state index contributed by atoms with van der Waals surface area (Å²) in [5.41, 5.74) is -0.420. The van der Waals surface area contributed by atoms with E-state index < -0.39 is 5.60 Å². The van der Waals surface area contributed by atoms with Gasteiger partial charge < -0.3 is 5.11 Å². The van der Waals surface area contributed by atoms with E-state index in [9.17, 15) is 5.11 Å². The Hall–Kier alpha value is -1.37. The number of hydrogen-bond acceptors (Lipinski definition) is 3. The van der Waals surface area contributed by atoms with Crippen molar-refractivity contribution in [2.75, 3.05) is 6.54 Å². The normalized spacial score (nSPS) is 14.4. The monoisotopic (exact) mass is 260 g/mol. The zero-order chi connectivity index (χ0) is 14.5. The minimum Gasteiger partial charge on any atom is -0.374 e. The molecule has 1 aromatic rings. The number of pyridine rings is 1. The van der Waals surface area contributed by atoms with Gasteiger partial charge in [0, 0.05) is 30.0 Å². The van der Waals surface area contributed by atoms with Crippen molar-refractivity contribution in [3.8, 4) is 11.8 Å². The van der Waals surface area contributed by atoms with Crippen molar-refractivity contribution in [3.63, 3.8) is 0 Å². The molecular weight excluding hydrogens is 236 g/mol. The van der Waals surface area contributed by atoms with E-state index >= 15 is 0 Å². The van der Waals surface area contributed by atoms with Crippen molar-refractivity contribution in [2.24, 2.45) is 0 Å². The number of aliphatic hydroxyl groups is 1. The maximum Gasteiger partial charge on any atom is 0.149 e. The van der Waals surface area contributed by atoms with E-state index in [0.717, 1.165) is 5.56 Å². The Bertz CT molecular complexity index is 433. The van der Waals surface area contributed by atoms with E-state index in [2.05, 4.69) is 49.4 Å². The minimum atomic E-state index is -1.14. The molecule has 0 bridgehead atoms. The summed E-state index contributed by atoms with van der Waals surface area (Å²) in [5, 5.41) is 10.3. The van der Waals surface area contributed by atoms with Crippen molar-refractivity contribution in [2.45, 2.75) is 52.3 Å². The van der Waals surface area contributed by atoms with Crippen molar-refractivity contribution in [1.29, 1.82) is 0 Å². The Morgan fingerprint density at radius 1 is 1.32 bits per heavy atom. The Kier molecular flexibility index (Phi) is 5.53. The molecule has 1 rings (SSSR count). The molecule has 0 fully saturated rings. The van der Waals surface area contributed by atoms with Crippen molar-refractivity contribution in [1.82, 2.24) is 9.88 Å².